The molecule has 0 amide bonds. The van der Waals surface area contributed by atoms with Crippen molar-refractivity contribution in [3.63, 3.8) is 0 Å². The van der Waals surface area contributed by atoms with Gasteiger partial charge in [-0.15, -0.1) is 11.3 Å². The highest BCUT2D eigenvalue weighted by Crippen LogP contribution is 2.45. The van der Waals surface area contributed by atoms with Gasteiger partial charge < -0.3 is 8.98 Å². The Balaban J connectivity index is 1.00. The van der Waals surface area contributed by atoms with Gasteiger partial charge in [-0.05, 0) is 104 Å². The van der Waals surface area contributed by atoms with Crippen LogP contribution in [-0.4, -0.2) is 4.57 Å². The molecule has 0 aliphatic rings. The molecule has 0 bridgehead atoms. The van der Waals surface area contributed by atoms with E-state index in [9.17, 15) is 0 Å². The quantitative estimate of drug-likeness (QED) is 0.163. The maximum absolute atomic E-state index is 6.78. The third-order valence-electron chi connectivity index (χ3n) is 12.0. The number of thiophene rings is 1. The molecule has 0 spiro atoms. The zero-order valence-corrected chi connectivity index (χ0v) is 30.3. The molecule has 254 valence electrons. The first-order valence-corrected chi connectivity index (χ1v) is 19.7. The molecule has 13 rings (SSSR count). The minimum Gasteiger partial charge on any atom is -0.455 e. The smallest absolute Gasteiger partial charge is 0.143 e. The molecular weight excluding hydrogens is 687 g/mol. The second-order valence-electron chi connectivity index (χ2n) is 14.8. The topological polar surface area (TPSA) is 18.1 Å². The normalized spacial score (nSPS) is 12.4. The van der Waals surface area contributed by atoms with Gasteiger partial charge in [-0.1, -0.05) is 115 Å². The highest BCUT2D eigenvalue weighted by molar-refractivity contribution is 7.26. The van der Waals surface area contributed by atoms with E-state index < -0.39 is 0 Å². The summed E-state index contributed by atoms with van der Waals surface area (Å²) in [5.41, 5.74) is 7.92. The number of nitrogens with zero attached hydrogens (tertiary/aromatic N) is 1. The standard InChI is InChI=1S/C52H29NOS/c1-2-12-36-34(10-1)35-11-3-4-15-39(35)49-40(36)25-27-47-50(49)42-24-21-32-28-30(20-23-33(32)51(42)54-47)31-22-26-45-43(29-31)37-13-5-7-17-44(37)53(45)46-18-9-16-41-38-14-6-8-19-48(38)55-52(41)46/h1-29H. The maximum atomic E-state index is 6.78. The van der Waals surface area contributed by atoms with Gasteiger partial charge in [0, 0.05) is 47.8 Å². The molecule has 55 heavy (non-hydrogen) atoms. The molecule has 3 heteroatoms. The van der Waals surface area contributed by atoms with E-state index in [0.29, 0.717) is 0 Å². The van der Waals surface area contributed by atoms with Crippen LogP contribution in [0.3, 0.4) is 0 Å². The first-order valence-electron chi connectivity index (χ1n) is 18.8. The van der Waals surface area contributed by atoms with Crippen LogP contribution in [0.4, 0.5) is 0 Å². The summed E-state index contributed by atoms with van der Waals surface area (Å²) in [7, 11) is 0. The first-order chi connectivity index (χ1) is 27.3. The van der Waals surface area contributed by atoms with Gasteiger partial charge in [-0.3, -0.25) is 0 Å². The fourth-order valence-electron chi connectivity index (χ4n) is 9.55. The van der Waals surface area contributed by atoms with Crippen LogP contribution >= 0.6 is 11.3 Å². The molecular formula is C52H29NOS. The van der Waals surface area contributed by atoms with E-state index >= 15 is 0 Å². The third-order valence-corrected chi connectivity index (χ3v) is 13.2. The molecule has 0 radical (unpaired) electrons. The Morgan fingerprint density at radius 3 is 1.85 bits per heavy atom. The van der Waals surface area contributed by atoms with Gasteiger partial charge in [0.1, 0.15) is 11.2 Å². The molecule has 0 fully saturated rings. The number of para-hydroxylation sites is 1. The molecule has 2 nitrogen and oxygen atoms in total. The van der Waals surface area contributed by atoms with Crippen LogP contribution in [0.2, 0.25) is 0 Å². The molecule has 0 aliphatic carbocycles. The summed E-state index contributed by atoms with van der Waals surface area (Å²) in [6.45, 7) is 0. The number of benzene rings is 10. The first kappa shape index (κ1) is 29.5. The van der Waals surface area contributed by atoms with Crippen LogP contribution in [0.15, 0.2) is 180 Å². The molecule has 0 atom stereocenters. The van der Waals surface area contributed by atoms with E-state index in [2.05, 4.69) is 180 Å². The molecule has 10 aromatic carbocycles. The summed E-state index contributed by atoms with van der Waals surface area (Å²) in [6.07, 6.45) is 0. The third kappa shape index (κ3) is 3.97. The number of aromatic nitrogens is 1. The summed E-state index contributed by atoms with van der Waals surface area (Å²) in [6, 6.07) is 64.6. The van der Waals surface area contributed by atoms with Crippen molar-refractivity contribution in [1.82, 2.24) is 4.57 Å². The van der Waals surface area contributed by atoms with Gasteiger partial charge in [0.25, 0.3) is 0 Å². The lowest BCUT2D eigenvalue weighted by Gasteiger charge is -2.11. The Labute approximate surface area is 318 Å². The number of hydrogen-bond donors (Lipinski definition) is 0. The van der Waals surface area contributed by atoms with E-state index in [1.807, 2.05) is 11.3 Å². The van der Waals surface area contributed by atoms with Crippen LogP contribution in [0.5, 0.6) is 0 Å². The van der Waals surface area contributed by atoms with Gasteiger partial charge in [0.2, 0.25) is 0 Å². The zero-order valence-electron chi connectivity index (χ0n) is 29.5. The lowest BCUT2D eigenvalue weighted by molar-refractivity contribution is 0.673. The SMILES string of the molecule is c1ccc2c(c1)sc1c(-n3c4ccccc4c4cc(-c5ccc6c(ccc7c6oc6ccc8c9ccccc9c9ccccc9c8c67)c5)ccc43)cccc12. The van der Waals surface area contributed by atoms with Gasteiger partial charge in [-0.25, -0.2) is 0 Å². The fourth-order valence-corrected chi connectivity index (χ4v) is 10.8. The van der Waals surface area contributed by atoms with E-state index in [1.165, 1.54) is 102 Å². The minimum atomic E-state index is 0.924. The minimum absolute atomic E-state index is 0.924. The Morgan fingerprint density at radius 2 is 1.00 bits per heavy atom. The van der Waals surface area contributed by atoms with Crippen molar-refractivity contribution in [3.8, 4) is 16.8 Å². The summed E-state index contributed by atoms with van der Waals surface area (Å²) in [4.78, 5) is 0. The van der Waals surface area contributed by atoms with Crippen molar-refractivity contribution in [3.05, 3.63) is 176 Å². The van der Waals surface area contributed by atoms with E-state index in [1.54, 1.807) is 0 Å². The number of furan rings is 1. The Kier molecular flexibility index (Phi) is 5.80. The molecule has 0 N–H and O–H groups in total. The summed E-state index contributed by atoms with van der Waals surface area (Å²) < 4.78 is 11.9. The summed E-state index contributed by atoms with van der Waals surface area (Å²) >= 11 is 1.88. The van der Waals surface area contributed by atoms with Crippen LogP contribution in [-0.2, 0) is 0 Å². The highest BCUT2D eigenvalue weighted by atomic mass is 32.1. The largest absolute Gasteiger partial charge is 0.455 e. The van der Waals surface area contributed by atoms with Crippen LogP contribution < -0.4 is 0 Å². The predicted octanol–water partition coefficient (Wildman–Crippen LogP) is 15.3. The lowest BCUT2D eigenvalue weighted by Crippen LogP contribution is -1.93. The number of rotatable bonds is 2. The number of fused-ring (bicyclic) bond motifs is 18. The Bertz CT molecular complexity index is 3750. The maximum Gasteiger partial charge on any atom is 0.143 e. The van der Waals surface area contributed by atoms with E-state index in [-0.39, 0.29) is 0 Å². The molecule has 13 aromatic rings. The van der Waals surface area contributed by atoms with Crippen molar-refractivity contribution >= 4 is 118 Å². The van der Waals surface area contributed by atoms with Gasteiger partial charge in [0.05, 0.1) is 21.4 Å². The van der Waals surface area contributed by atoms with Crippen molar-refractivity contribution in [2.45, 2.75) is 0 Å². The number of hydrogen-bond acceptors (Lipinski definition) is 2. The second kappa shape index (κ2) is 10.8. The fraction of sp³-hybridized carbons (Fsp3) is 0. The van der Waals surface area contributed by atoms with Gasteiger partial charge in [-0.2, -0.15) is 0 Å². The highest BCUT2D eigenvalue weighted by Gasteiger charge is 2.19. The molecule has 0 unspecified atom stereocenters. The Hall–Kier alpha value is -6.94. The van der Waals surface area contributed by atoms with E-state index in [4.69, 9.17) is 4.42 Å². The van der Waals surface area contributed by atoms with Crippen molar-refractivity contribution in [1.29, 1.82) is 0 Å². The second-order valence-corrected chi connectivity index (χ2v) is 15.8. The Morgan fingerprint density at radius 1 is 0.382 bits per heavy atom. The van der Waals surface area contributed by atoms with Crippen molar-refractivity contribution < 1.29 is 4.42 Å². The summed E-state index contributed by atoms with van der Waals surface area (Å²) in [5, 5.41) is 17.4. The molecule has 3 aromatic heterocycles. The van der Waals surface area contributed by atoms with Gasteiger partial charge >= 0.3 is 0 Å². The van der Waals surface area contributed by atoms with Crippen LogP contribution in [0.25, 0.3) is 124 Å². The summed E-state index contributed by atoms with van der Waals surface area (Å²) in [5.74, 6) is 0. The molecule has 0 saturated heterocycles. The van der Waals surface area contributed by atoms with Crippen LogP contribution in [0.1, 0.15) is 0 Å². The monoisotopic (exact) mass is 715 g/mol. The van der Waals surface area contributed by atoms with Crippen molar-refractivity contribution in [2.75, 3.05) is 0 Å². The molecule has 0 aliphatic heterocycles. The average molecular weight is 716 g/mol. The molecule has 0 saturated carbocycles. The average Bonchev–Trinajstić information content (AvgIpc) is 3.93. The van der Waals surface area contributed by atoms with E-state index in [0.717, 1.165) is 21.9 Å². The van der Waals surface area contributed by atoms with Crippen LogP contribution in [0, 0.1) is 0 Å². The molecule has 3 heterocycles. The predicted molar refractivity (Wildman–Crippen MR) is 236 cm³/mol. The van der Waals surface area contributed by atoms with Gasteiger partial charge in [0.15, 0.2) is 0 Å². The lowest BCUT2D eigenvalue weighted by atomic mass is 9.91. The van der Waals surface area contributed by atoms with Crippen molar-refractivity contribution in [2.24, 2.45) is 0 Å². The zero-order chi connectivity index (χ0) is 35.8.